The summed E-state index contributed by atoms with van der Waals surface area (Å²) in [4.78, 5) is 33.6. The normalized spacial score (nSPS) is 20.5. The zero-order chi connectivity index (χ0) is 20.5. The minimum Gasteiger partial charge on any atom is -0.476 e. The highest BCUT2D eigenvalue weighted by atomic mass is 35.5. The molecule has 0 spiro atoms. The number of hydrogen-bond donors (Lipinski definition) is 0. The monoisotopic (exact) mass is 429 g/mol. The lowest BCUT2D eigenvalue weighted by atomic mass is 10.1. The minimum absolute atomic E-state index is 0.124. The predicted molar refractivity (Wildman–Crippen MR) is 117 cm³/mol. The SMILES string of the molecule is CC(=O)N1C[C@@H](C(=O)N(C2=N[C@@H](C)CS2)c2ccc(Cl)cc2)Oc2ccccc21. The third kappa shape index (κ3) is 3.97. The summed E-state index contributed by atoms with van der Waals surface area (Å²) in [6.07, 6.45) is -0.844. The second-order valence-electron chi connectivity index (χ2n) is 6.93. The molecule has 0 aliphatic carbocycles. The van der Waals surface area contributed by atoms with Gasteiger partial charge >= 0.3 is 0 Å². The highest BCUT2D eigenvalue weighted by Gasteiger charge is 2.38. The summed E-state index contributed by atoms with van der Waals surface area (Å²) < 4.78 is 6.01. The number of ether oxygens (including phenoxy) is 1. The fourth-order valence-corrected chi connectivity index (χ4v) is 4.48. The van der Waals surface area contributed by atoms with Crippen molar-refractivity contribution in [2.75, 3.05) is 22.1 Å². The molecule has 2 heterocycles. The molecule has 0 fully saturated rings. The Labute approximate surface area is 178 Å². The number of carbonyl (C=O) groups excluding carboxylic acids is 2. The van der Waals surface area contributed by atoms with Crippen molar-refractivity contribution in [2.24, 2.45) is 4.99 Å². The molecule has 2 aromatic carbocycles. The van der Waals surface area contributed by atoms with Crippen LogP contribution < -0.4 is 14.5 Å². The number of amidine groups is 1. The van der Waals surface area contributed by atoms with Crippen LogP contribution in [0.25, 0.3) is 0 Å². The lowest BCUT2D eigenvalue weighted by Crippen LogP contribution is -2.52. The Morgan fingerprint density at radius 2 is 1.93 bits per heavy atom. The molecule has 0 unspecified atom stereocenters. The lowest BCUT2D eigenvalue weighted by molar-refractivity contribution is -0.124. The molecule has 2 atom stereocenters. The molecule has 4 rings (SSSR count). The van der Waals surface area contributed by atoms with Crippen LogP contribution in [0.2, 0.25) is 5.02 Å². The first-order valence-electron chi connectivity index (χ1n) is 9.28. The van der Waals surface area contributed by atoms with Gasteiger partial charge in [-0.25, -0.2) is 0 Å². The van der Waals surface area contributed by atoms with E-state index in [9.17, 15) is 9.59 Å². The minimum atomic E-state index is -0.844. The molecule has 2 amide bonds. The Bertz CT molecular complexity index is 979. The zero-order valence-electron chi connectivity index (χ0n) is 16.0. The van der Waals surface area contributed by atoms with E-state index in [1.807, 2.05) is 25.1 Å². The van der Waals surface area contributed by atoms with Crippen molar-refractivity contribution < 1.29 is 14.3 Å². The lowest BCUT2D eigenvalue weighted by Gasteiger charge is -2.35. The molecule has 0 radical (unpaired) electrons. The van der Waals surface area contributed by atoms with Gasteiger partial charge in [0, 0.05) is 17.7 Å². The molecular weight excluding hydrogens is 410 g/mol. The predicted octanol–water partition coefficient (Wildman–Crippen LogP) is 3.98. The van der Waals surface area contributed by atoms with Gasteiger partial charge in [0.15, 0.2) is 11.3 Å². The second kappa shape index (κ2) is 8.08. The Balaban J connectivity index is 1.70. The molecule has 0 aromatic heterocycles. The number of hydrogen-bond acceptors (Lipinski definition) is 5. The second-order valence-corrected chi connectivity index (χ2v) is 8.35. The quantitative estimate of drug-likeness (QED) is 0.724. The van der Waals surface area contributed by atoms with Crippen molar-refractivity contribution in [2.45, 2.75) is 26.0 Å². The first kappa shape index (κ1) is 19.8. The Kier molecular flexibility index (Phi) is 5.52. The van der Waals surface area contributed by atoms with E-state index in [2.05, 4.69) is 4.99 Å². The van der Waals surface area contributed by atoms with E-state index in [4.69, 9.17) is 16.3 Å². The fraction of sp³-hybridized carbons (Fsp3) is 0.286. The molecule has 2 aliphatic rings. The summed E-state index contributed by atoms with van der Waals surface area (Å²) in [7, 11) is 0. The third-order valence-electron chi connectivity index (χ3n) is 4.71. The molecule has 6 nitrogen and oxygen atoms in total. The molecular formula is C21H20ClN3O3S. The van der Waals surface area contributed by atoms with Crippen LogP contribution in [0.5, 0.6) is 5.75 Å². The molecule has 2 aliphatic heterocycles. The van der Waals surface area contributed by atoms with Gasteiger partial charge in [-0.3, -0.25) is 19.5 Å². The number of fused-ring (bicyclic) bond motifs is 1. The molecule has 8 heteroatoms. The topological polar surface area (TPSA) is 62.2 Å². The van der Waals surface area contributed by atoms with E-state index in [1.165, 1.54) is 18.7 Å². The van der Waals surface area contributed by atoms with E-state index in [-0.39, 0.29) is 24.4 Å². The van der Waals surface area contributed by atoms with E-state index in [1.54, 1.807) is 40.1 Å². The number of aliphatic imine (C=N–C) groups is 1. The fourth-order valence-electron chi connectivity index (χ4n) is 3.31. The number of thioether (sulfide) groups is 1. The van der Waals surface area contributed by atoms with E-state index in [0.29, 0.717) is 27.3 Å². The highest BCUT2D eigenvalue weighted by Crippen LogP contribution is 2.35. The number of benzene rings is 2. The highest BCUT2D eigenvalue weighted by molar-refractivity contribution is 8.14. The van der Waals surface area contributed by atoms with Crippen molar-refractivity contribution in [3.8, 4) is 5.75 Å². The number of nitrogens with zero attached hydrogens (tertiary/aromatic N) is 3. The molecule has 0 N–H and O–H groups in total. The number of anilines is 2. The van der Waals surface area contributed by atoms with Crippen LogP contribution in [0, 0.1) is 0 Å². The van der Waals surface area contributed by atoms with Crippen molar-refractivity contribution in [1.29, 1.82) is 0 Å². The third-order valence-corrected chi connectivity index (χ3v) is 6.16. The number of amides is 2. The average Bonchev–Trinajstić information content (AvgIpc) is 3.14. The van der Waals surface area contributed by atoms with Crippen molar-refractivity contribution in [3.63, 3.8) is 0 Å². The number of rotatable bonds is 2. The Morgan fingerprint density at radius 3 is 2.59 bits per heavy atom. The van der Waals surface area contributed by atoms with Gasteiger partial charge in [-0.2, -0.15) is 0 Å². The van der Waals surface area contributed by atoms with Crippen LogP contribution in [0.1, 0.15) is 13.8 Å². The maximum atomic E-state index is 13.6. The molecule has 29 heavy (non-hydrogen) atoms. The van der Waals surface area contributed by atoms with Gasteiger partial charge in [0.05, 0.1) is 24.0 Å². The van der Waals surface area contributed by atoms with Crippen LogP contribution in [0.15, 0.2) is 53.5 Å². The van der Waals surface area contributed by atoms with Gasteiger partial charge in [-0.1, -0.05) is 35.5 Å². The maximum absolute atomic E-state index is 13.6. The zero-order valence-corrected chi connectivity index (χ0v) is 17.6. The number of para-hydroxylation sites is 2. The Hall–Kier alpha value is -2.51. The van der Waals surface area contributed by atoms with Crippen LogP contribution in [0.4, 0.5) is 11.4 Å². The van der Waals surface area contributed by atoms with Crippen LogP contribution in [0.3, 0.4) is 0 Å². The summed E-state index contributed by atoms with van der Waals surface area (Å²) in [5.74, 6) is 0.907. The average molecular weight is 430 g/mol. The van der Waals surface area contributed by atoms with Crippen LogP contribution in [-0.2, 0) is 9.59 Å². The first-order valence-corrected chi connectivity index (χ1v) is 10.6. The Morgan fingerprint density at radius 1 is 1.21 bits per heavy atom. The molecule has 150 valence electrons. The van der Waals surface area contributed by atoms with Gasteiger partial charge in [-0.05, 0) is 43.3 Å². The van der Waals surface area contributed by atoms with E-state index >= 15 is 0 Å². The van der Waals surface area contributed by atoms with Gasteiger partial charge < -0.3 is 9.64 Å². The van der Waals surface area contributed by atoms with E-state index < -0.39 is 6.10 Å². The molecule has 2 aromatic rings. The summed E-state index contributed by atoms with van der Waals surface area (Å²) in [5, 5.41) is 1.21. The van der Waals surface area contributed by atoms with Crippen molar-refractivity contribution >= 4 is 51.7 Å². The summed E-state index contributed by atoms with van der Waals surface area (Å²) in [5.41, 5.74) is 1.33. The van der Waals surface area contributed by atoms with E-state index in [0.717, 1.165) is 5.75 Å². The van der Waals surface area contributed by atoms with Crippen molar-refractivity contribution in [3.05, 3.63) is 53.6 Å². The summed E-state index contributed by atoms with van der Waals surface area (Å²) in [6.45, 7) is 3.64. The number of carbonyl (C=O) groups is 2. The smallest absolute Gasteiger partial charge is 0.276 e. The van der Waals surface area contributed by atoms with Gasteiger partial charge in [0.2, 0.25) is 5.91 Å². The molecule has 0 saturated carbocycles. The largest absolute Gasteiger partial charge is 0.476 e. The van der Waals surface area contributed by atoms with Crippen LogP contribution in [-0.4, -0.2) is 41.4 Å². The van der Waals surface area contributed by atoms with Crippen molar-refractivity contribution in [1.82, 2.24) is 0 Å². The maximum Gasteiger partial charge on any atom is 0.276 e. The standard InChI is InChI=1S/C21H20ClN3O3S/c1-13-12-29-21(23-13)25(16-9-7-15(22)8-10-16)20(27)19-11-24(14(2)26)17-5-3-4-6-18(17)28-19/h3-10,13,19H,11-12H2,1-2H3/t13-,19-/m0/s1. The number of halogens is 1. The molecule has 0 saturated heterocycles. The van der Waals surface area contributed by atoms with Gasteiger partial charge in [0.25, 0.3) is 5.91 Å². The summed E-state index contributed by atoms with van der Waals surface area (Å²) in [6, 6.07) is 14.4. The first-order chi connectivity index (χ1) is 13.9. The summed E-state index contributed by atoms with van der Waals surface area (Å²) >= 11 is 7.56. The van der Waals surface area contributed by atoms with Crippen LogP contribution >= 0.6 is 23.4 Å². The van der Waals surface area contributed by atoms with Gasteiger partial charge in [-0.15, -0.1) is 0 Å². The van der Waals surface area contributed by atoms with Gasteiger partial charge in [0.1, 0.15) is 5.75 Å². The molecule has 0 bridgehead atoms.